The fourth-order valence-electron chi connectivity index (χ4n) is 2.30. The van der Waals surface area contributed by atoms with Crippen molar-refractivity contribution in [2.45, 2.75) is 5.03 Å². The van der Waals surface area contributed by atoms with Gasteiger partial charge in [-0.1, -0.05) is 36.0 Å². The van der Waals surface area contributed by atoms with Crippen LogP contribution in [0.2, 0.25) is 0 Å². The number of carbonyl (C=O) groups is 1. The third-order valence-electron chi connectivity index (χ3n) is 3.72. The molecule has 1 amide bonds. The van der Waals surface area contributed by atoms with Crippen molar-refractivity contribution >= 4 is 34.4 Å². The summed E-state index contributed by atoms with van der Waals surface area (Å²) in [6.45, 7) is 0. The first-order valence-corrected chi connectivity index (χ1v) is 8.50. The molecule has 7 nitrogen and oxygen atoms in total. The van der Waals surface area contributed by atoms with Gasteiger partial charge in [0.2, 0.25) is 5.91 Å². The highest BCUT2D eigenvalue weighted by atomic mass is 32.2. The minimum Gasteiger partial charge on any atom is -0.311 e. The molecule has 0 fully saturated rings. The number of anilines is 1. The van der Waals surface area contributed by atoms with Crippen LogP contribution in [0.3, 0.4) is 0 Å². The van der Waals surface area contributed by atoms with Crippen LogP contribution in [0.5, 0.6) is 0 Å². The average Bonchev–Trinajstić information content (AvgIpc) is 2.62. The maximum atomic E-state index is 12.1. The molecule has 0 aliphatic heterocycles. The molecule has 2 aromatic heterocycles. The Balaban J connectivity index is 1.70. The van der Waals surface area contributed by atoms with E-state index in [0.717, 1.165) is 20.5 Å². The van der Waals surface area contributed by atoms with Gasteiger partial charge in [-0.15, -0.1) is 0 Å². The van der Waals surface area contributed by atoms with E-state index in [1.165, 1.54) is 36.5 Å². The molecule has 2 heterocycles. The highest BCUT2D eigenvalue weighted by Gasteiger charge is 2.10. The number of hydrogen-bond donors (Lipinski definition) is 1. The number of rotatable bonds is 4. The lowest BCUT2D eigenvalue weighted by atomic mass is 10.2. The van der Waals surface area contributed by atoms with E-state index in [2.05, 4.69) is 10.3 Å². The van der Waals surface area contributed by atoms with Crippen LogP contribution in [0.4, 0.5) is 5.82 Å². The third-order valence-corrected chi connectivity index (χ3v) is 4.65. The van der Waals surface area contributed by atoms with Gasteiger partial charge in [-0.25, -0.2) is 9.78 Å². The van der Waals surface area contributed by atoms with Crippen molar-refractivity contribution < 1.29 is 4.79 Å². The number of amides is 1. The number of carbonyl (C=O) groups excluding carboxylic acids is 1. The van der Waals surface area contributed by atoms with E-state index in [-0.39, 0.29) is 17.5 Å². The summed E-state index contributed by atoms with van der Waals surface area (Å²) in [5.41, 5.74) is -0.101. The van der Waals surface area contributed by atoms with Crippen molar-refractivity contribution in [3.8, 4) is 0 Å². The van der Waals surface area contributed by atoms with Crippen LogP contribution in [0.25, 0.3) is 10.9 Å². The smallest absolute Gasteiger partial charge is 0.311 e. The summed E-state index contributed by atoms with van der Waals surface area (Å²) in [4.78, 5) is 40.1. The van der Waals surface area contributed by atoms with Gasteiger partial charge in [0.1, 0.15) is 5.82 Å². The molecule has 0 spiro atoms. The molecule has 25 heavy (non-hydrogen) atoms. The Hall–Kier alpha value is -2.87. The van der Waals surface area contributed by atoms with E-state index in [9.17, 15) is 14.4 Å². The predicted molar refractivity (Wildman–Crippen MR) is 98.0 cm³/mol. The van der Waals surface area contributed by atoms with Gasteiger partial charge in [0, 0.05) is 25.5 Å². The quantitative estimate of drug-likeness (QED) is 0.714. The summed E-state index contributed by atoms with van der Waals surface area (Å²) < 4.78 is 2.20. The number of hydrogen-bond acceptors (Lipinski definition) is 5. The van der Waals surface area contributed by atoms with Gasteiger partial charge < -0.3 is 5.32 Å². The molecule has 0 atom stereocenters. The standard InChI is InChI=1S/C17H16N4O3S/c1-20-13(9-16(23)21(2)17(20)24)19-14(22)10-25-15-8-7-11-5-3-4-6-12(11)18-15/h3-9H,10H2,1-2H3,(H,19,22). The molecule has 128 valence electrons. The monoisotopic (exact) mass is 356 g/mol. The molecule has 0 radical (unpaired) electrons. The zero-order chi connectivity index (χ0) is 18.0. The van der Waals surface area contributed by atoms with Gasteiger partial charge in [0.25, 0.3) is 5.56 Å². The maximum absolute atomic E-state index is 12.1. The van der Waals surface area contributed by atoms with Crippen LogP contribution in [0.15, 0.2) is 57.1 Å². The van der Waals surface area contributed by atoms with Gasteiger partial charge in [-0.05, 0) is 12.1 Å². The van der Waals surface area contributed by atoms with Crippen molar-refractivity contribution in [1.82, 2.24) is 14.1 Å². The Morgan fingerprint density at radius 2 is 1.88 bits per heavy atom. The lowest BCUT2D eigenvalue weighted by Crippen LogP contribution is -2.38. The number of nitrogens with one attached hydrogen (secondary N) is 1. The van der Waals surface area contributed by atoms with Gasteiger partial charge in [-0.2, -0.15) is 0 Å². The molecule has 0 saturated heterocycles. The first-order valence-electron chi connectivity index (χ1n) is 7.51. The molecule has 1 N–H and O–H groups in total. The normalized spacial score (nSPS) is 10.8. The molecular weight excluding hydrogens is 340 g/mol. The van der Waals surface area contributed by atoms with Gasteiger partial charge in [0.05, 0.1) is 16.3 Å². The first kappa shape index (κ1) is 17.0. The Labute approximate surface area is 147 Å². The summed E-state index contributed by atoms with van der Waals surface area (Å²) in [5.74, 6) is -0.0252. The van der Waals surface area contributed by atoms with E-state index in [0.29, 0.717) is 0 Å². The summed E-state index contributed by atoms with van der Waals surface area (Å²) in [7, 11) is 2.88. The molecule has 3 aromatic rings. The zero-order valence-electron chi connectivity index (χ0n) is 13.7. The van der Waals surface area contributed by atoms with Crippen molar-refractivity contribution in [2.24, 2.45) is 14.1 Å². The van der Waals surface area contributed by atoms with Crippen molar-refractivity contribution in [3.63, 3.8) is 0 Å². The molecule has 1 aromatic carbocycles. The van der Waals surface area contributed by atoms with Gasteiger partial charge in [0.15, 0.2) is 0 Å². The van der Waals surface area contributed by atoms with E-state index < -0.39 is 11.2 Å². The van der Waals surface area contributed by atoms with Crippen LogP contribution in [-0.4, -0.2) is 25.8 Å². The molecular formula is C17H16N4O3S. The molecule has 0 aliphatic rings. The molecule has 0 bridgehead atoms. The minimum absolute atomic E-state index is 0.120. The van der Waals surface area contributed by atoms with Crippen LogP contribution in [-0.2, 0) is 18.9 Å². The number of aromatic nitrogens is 3. The highest BCUT2D eigenvalue weighted by molar-refractivity contribution is 7.99. The lowest BCUT2D eigenvalue weighted by Gasteiger charge is -2.10. The Morgan fingerprint density at radius 1 is 1.12 bits per heavy atom. The van der Waals surface area contributed by atoms with E-state index >= 15 is 0 Å². The van der Waals surface area contributed by atoms with Crippen LogP contribution < -0.4 is 16.6 Å². The number of thioether (sulfide) groups is 1. The van der Waals surface area contributed by atoms with Crippen LogP contribution >= 0.6 is 11.8 Å². The summed E-state index contributed by atoms with van der Waals surface area (Å²) in [5, 5.41) is 4.35. The number of fused-ring (bicyclic) bond motifs is 1. The molecule has 3 rings (SSSR count). The second-order valence-electron chi connectivity index (χ2n) is 5.45. The fourth-order valence-corrected chi connectivity index (χ4v) is 2.98. The van der Waals surface area contributed by atoms with Crippen molar-refractivity contribution in [3.05, 3.63) is 63.3 Å². The van der Waals surface area contributed by atoms with E-state index in [1.54, 1.807) is 0 Å². The second-order valence-corrected chi connectivity index (χ2v) is 6.44. The zero-order valence-corrected chi connectivity index (χ0v) is 14.5. The van der Waals surface area contributed by atoms with Crippen LogP contribution in [0.1, 0.15) is 0 Å². The summed E-state index contributed by atoms with van der Waals surface area (Å²) >= 11 is 1.29. The highest BCUT2D eigenvalue weighted by Crippen LogP contribution is 2.20. The topological polar surface area (TPSA) is 86.0 Å². The average molecular weight is 356 g/mol. The fraction of sp³-hybridized carbons (Fsp3) is 0.176. The number of para-hydroxylation sites is 1. The van der Waals surface area contributed by atoms with Gasteiger partial charge >= 0.3 is 5.69 Å². The summed E-state index contributed by atoms with van der Waals surface area (Å²) in [6.07, 6.45) is 0. The number of benzene rings is 1. The lowest BCUT2D eigenvalue weighted by molar-refractivity contribution is -0.113. The van der Waals surface area contributed by atoms with Crippen LogP contribution in [0, 0.1) is 0 Å². The number of nitrogens with zero attached hydrogens (tertiary/aromatic N) is 3. The predicted octanol–water partition coefficient (Wildman–Crippen LogP) is 1.36. The Kier molecular flexibility index (Phi) is 4.71. The molecule has 0 aliphatic carbocycles. The maximum Gasteiger partial charge on any atom is 0.332 e. The SMILES string of the molecule is Cn1c(NC(=O)CSc2ccc3ccccc3n2)cc(=O)n(C)c1=O. The van der Waals surface area contributed by atoms with E-state index in [4.69, 9.17) is 0 Å². The van der Waals surface area contributed by atoms with Crippen molar-refractivity contribution in [2.75, 3.05) is 11.1 Å². The van der Waals surface area contributed by atoms with Gasteiger partial charge in [-0.3, -0.25) is 18.7 Å². The Bertz CT molecular complexity index is 1070. The third kappa shape index (κ3) is 3.63. The molecule has 0 unspecified atom stereocenters. The van der Waals surface area contributed by atoms with E-state index in [1.807, 2.05) is 36.4 Å². The van der Waals surface area contributed by atoms with Crippen molar-refractivity contribution in [1.29, 1.82) is 0 Å². The second kappa shape index (κ2) is 6.94. The first-order chi connectivity index (χ1) is 12.0. The summed E-state index contributed by atoms with van der Waals surface area (Å²) in [6, 6.07) is 12.8. The number of pyridine rings is 1. The molecule has 8 heteroatoms. The largest absolute Gasteiger partial charge is 0.332 e. The minimum atomic E-state index is -0.494. The molecule has 0 saturated carbocycles. The Morgan fingerprint density at radius 3 is 2.68 bits per heavy atom.